The van der Waals surface area contributed by atoms with Crippen molar-refractivity contribution in [2.45, 2.75) is 13.3 Å². The summed E-state index contributed by atoms with van der Waals surface area (Å²) in [7, 11) is 0. The summed E-state index contributed by atoms with van der Waals surface area (Å²) in [6, 6.07) is 20.3. The molecule has 146 valence electrons. The molecule has 1 amide bonds. The van der Waals surface area contributed by atoms with E-state index >= 15 is 0 Å². The maximum Gasteiger partial charge on any atom is 0.262 e. The number of rotatable bonds is 6. The van der Waals surface area contributed by atoms with Gasteiger partial charge in [0.25, 0.3) is 5.91 Å². The molecule has 0 fully saturated rings. The van der Waals surface area contributed by atoms with Gasteiger partial charge in [-0.15, -0.1) is 0 Å². The number of nitrogens with one attached hydrogen (secondary N) is 1. The van der Waals surface area contributed by atoms with Gasteiger partial charge in [-0.05, 0) is 54.4 Å². The molecule has 4 aromatic rings. The smallest absolute Gasteiger partial charge is 0.262 e. The Balaban J connectivity index is 1.49. The highest BCUT2D eigenvalue weighted by Crippen LogP contribution is 2.31. The van der Waals surface area contributed by atoms with Crippen LogP contribution in [-0.4, -0.2) is 17.5 Å². The van der Waals surface area contributed by atoms with E-state index in [1.54, 1.807) is 24.3 Å². The second-order valence-corrected chi connectivity index (χ2v) is 6.95. The Labute approximate surface area is 173 Å². The molecule has 1 aromatic heterocycles. The Kier molecular flexibility index (Phi) is 5.49. The van der Waals surface area contributed by atoms with Crippen LogP contribution in [0.1, 0.15) is 12.5 Å². The van der Waals surface area contributed by atoms with Crippen molar-refractivity contribution in [2.24, 2.45) is 0 Å². The number of nitrogens with zero attached hydrogens (tertiary/aromatic N) is 1. The van der Waals surface area contributed by atoms with Gasteiger partial charge >= 0.3 is 0 Å². The molecule has 0 atom stereocenters. The maximum atomic E-state index is 12.4. The SMILES string of the molecule is CCc1ccc(OCC(=O)Nc2ccccc2-c2nc3cc(Cl)ccc3o2)cc1. The topological polar surface area (TPSA) is 64.4 Å². The molecule has 0 saturated carbocycles. The summed E-state index contributed by atoms with van der Waals surface area (Å²) in [5, 5.41) is 3.45. The molecule has 0 aliphatic carbocycles. The van der Waals surface area contributed by atoms with Crippen molar-refractivity contribution >= 4 is 34.3 Å². The zero-order valence-corrected chi connectivity index (χ0v) is 16.6. The van der Waals surface area contributed by atoms with Crippen LogP contribution in [0.5, 0.6) is 5.75 Å². The number of carbonyl (C=O) groups is 1. The first kappa shape index (κ1) is 19.0. The lowest BCUT2D eigenvalue weighted by molar-refractivity contribution is -0.118. The molecule has 4 rings (SSSR count). The van der Waals surface area contributed by atoms with Crippen LogP contribution in [0.15, 0.2) is 71.1 Å². The Morgan fingerprint density at radius 3 is 2.69 bits per heavy atom. The second-order valence-electron chi connectivity index (χ2n) is 6.51. The van der Waals surface area contributed by atoms with Crippen LogP contribution in [-0.2, 0) is 11.2 Å². The fraction of sp³-hybridized carbons (Fsp3) is 0.130. The fourth-order valence-corrected chi connectivity index (χ4v) is 3.12. The quantitative estimate of drug-likeness (QED) is 0.444. The van der Waals surface area contributed by atoms with Crippen LogP contribution in [0.4, 0.5) is 5.69 Å². The van der Waals surface area contributed by atoms with Gasteiger partial charge in [0.2, 0.25) is 5.89 Å². The minimum atomic E-state index is -0.267. The van der Waals surface area contributed by atoms with E-state index in [9.17, 15) is 4.79 Å². The Morgan fingerprint density at radius 1 is 1.10 bits per heavy atom. The molecular formula is C23H19ClN2O3. The van der Waals surface area contributed by atoms with Gasteiger partial charge in [0.1, 0.15) is 11.3 Å². The molecule has 6 heteroatoms. The van der Waals surface area contributed by atoms with Crippen molar-refractivity contribution < 1.29 is 13.9 Å². The first-order chi connectivity index (χ1) is 14.1. The molecule has 0 radical (unpaired) electrons. The van der Waals surface area contributed by atoms with Crippen LogP contribution in [0.3, 0.4) is 0 Å². The van der Waals surface area contributed by atoms with Crippen LogP contribution < -0.4 is 10.1 Å². The number of para-hydroxylation sites is 1. The van der Waals surface area contributed by atoms with E-state index in [4.69, 9.17) is 20.8 Å². The highest BCUT2D eigenvalue weighted by atomic mass is 35.5. The third kappa shape index (κ3) is 4.41. The van der Waals surface area contributed by atoms with Crippen molar-refractivity contribution in [3.8, 4) is 17.2 Å². The number of oxazole rings is 1. The minimum Gasteiger partial charge on any atom is -0.484 e. The third-order valence-corrected chi connectivity index (χ3v) is 4.72. The number of aromatic nitrogens is 1. The molecular weight excluding hydrogens is 388 g/mol. The van der Waals surface area contributed by atoms with Crippen LogP contribution in [0.2, 0.25) is 5.02 Å². The largest absolute Gasteiger partial charge is 0.484 e. The van der Waals surface area contributed by atoms with Gasteiger partial charge in [-0.2, -0.15) is 0 Å². The number of carbonyl (C=O) groups excluding carboxylic acids is 1. The molecule has 3 aromatic carbocycles. The van der Waals surface area contributed by atoms with E-state index in [1.165, 1.54) is 5.56 Å². The third-order valence-electron chi connectivity index (χ3n) is 4.48. The van der Waals surface area contributed by atoms with E-state index in [2.05, 4.69) is 17.2 Å². The standard InChI is InChI=1S/C23H19ClN2O3/c1-2-15-7-10-17(11-8-15)28-14-22(27)25-19-6-4-3-5-18(19)23-26-20-13-16(24)9-12-21(20)29-23/h3-13H,2,14H2,1H3,(H,25,27). The van der Waals surface area contributed by atoms with Crippen molar-refractivity contribution in [3.63, 3.8) is 0 Å². The normalized spacial score (nSPS) is 10.8. The van der Waals surface area contributed by atoms with Crippen molar-refractivity contribution in [3.05, 3.63) is 77.3 Å². The van der Waals surface area contributed by atoms with Gasteiger partial charge < -0.3 is 14.5 Å². The average Bonchev–Trinajstić information content (AvgIpc) is 3.16. The fourth-order valence-electron chi connectivity index (χ4n) is 2.95. The van der Waals surface area contributed by atoms with E-state index in [0.717, 1.165) is 6.42 Å². The number of hydrogen-bond acceptors (Lipinski definition) is 4. The predicted molar refractivity (Wildman–Crippen MR) is 114 cm³/mol. The van der Waals surface area contributed by atoms with E-state index < -0.39 is 0 Å². The molecule has 0 aliphatic heterocycles. The Morgan fingerprint density at radius 2 is 1.90 bits per heavy atom. The lowest BCUT2D eigenvalue weighted by Crippen LogP contribution is -2.20. The van der Waals surface area contributed by atoms with Crippen LogP contribution in [0.25, 0.3) is 22.6 Å². The summed E-state index contributed by atoms with van der Waals surface area (Å²) >= 11 is 6.02. The zero-order chi connectivity index (χ0) is 20.2. The average molecular weight is 407 g/mol. The summed E-state index contributed by atoms with van der Waals surface area (Å²) in [4.78, 5) is 16.9. The maximum absolute atomic E-state index is 12.4. The summed E-state index contributed by atoms with van der Waals surface area (Å²) in [5.74, 6) is 0.798. The highest BCUT2D eigenvalue weighted by molar-refractivity contribution is 6.31. The number of halogens is 1. The molecule has 1 heterocycles. The minimum absolute atomic E-state index is 0.0943. The van der Waals surface area contributed by atoms with Crippen molar-refractivity contribution in [1.82, 2.24) is 4.98 Å². The van der Waals surface area contributed by atoms with Gasteiger partial charge in [-0.25, -0.2) is 4.98 Å². The summed E-state index contributed by atoms with van der Waals surface area (Å²) in [6.45, 7) is 2.00. The summed E-state index contributed by atoms with van der Waals surface area (Å²) < 4.78 is 11.4. The van der Waals surface area contributed by atoms with Crippen molar-refractivity contribution in [2.75, 3.05) is 11.9 Å². The summed E-state index contributed by atoms with van der Waals surface area (Å²) in [5.41, 5.74) is 3.78. The summed E-state index contributed by atoms with van der Waals surface area (Å²) in [6.07, 6.45) is 0.958. The molecule has 1 N–H and O–H groups in total. The predicted octanol–water partition coefficient (Wildman–Crippen LogP) is 5.73. The zero-order valence-electron chi connectivity index (χ0n) is 15.8. The number of aryl methyl sites for hydroxylation is 1. The van der Waals surface area contributed by atoms with Gasteiger partial charge in [0.15, 0.2) is 12.2 Å². The lowest BCUT2D eigenvalue weighted by Gasteiger charge is -2.10. The van der Waals surface area contributed by atoms with Gasteiger partial charge in [-0.3, -0.25) is 4.79 Å². The lowest BCUT2D eigenvalue weighted by atomic mass is 10.1. The molecule has 0 unspecified atom stereocenters. The number of fused-ring (bicyclic) bond motifs is 1. The molecule has 0 saturated heterocycles. The first-order valence-corrected chi connectivity index (χ1v) is 9.67. The number of hydrogen-bond donors (Lipinski definition) is 1. The van der Waals surface area contributed by atoms with E-state index in [0.29, 0.717) is 39.0 Å². The molecule has 5 nitrogen and oxygen atoms in total. The van der Waals surface area contributed by atoms with Gasteiger partial charge in [0.05, 0.1) is 11.3 Å². The monoisotopic (exact) mass is 406 g/mol. The molecule has 0 aliphatic rings. The number of anilines is 1. The number of benzene rings is 3. The Bertz CT molecular complexity index is 1150. The van der Waals surface area contributed by atoms with E-state index in [-0.39, 0.29) is 12.5 Å². The molecule has 0 spiro atoms. The molecule has 0 bridgehead atoms. The number of amides is 1. The Hall–Kier alpha value is -3.31. The number of ether oxygens (including phenoxy) is 1. The van der Waals surface area contributed by atoms with Crippen LogP contribution >= 0.6 is 11.6 Å². The first-order valence-electron chi connectivity index (χ1n) is 9.29. The molecule has 29 heavy (non-hydrogen) atoms. The van der Waals surface area contributed by atoms with Gasteiger partial charge in [-0.1, -0.05) is 42.8 Å². The second kappa shape index (κ2) is 8.37. The highest BCUT2D eigenvalue weighted by Gasteiger charge is 2.14. The van der Waals surface area contributed by atoms with Crippen molar-refractivity contribution in [1.29, 1.82) is 0 Å². The van der Waals surface area contributed by atoms with Crippen LogP contribution in [0, 0.1) is 0 Å². The van der Waals surface area contributed by atoms with E-state index in [1.807, 2.05) is 42.5 Å². The van der Waals surface area contributed by atoms with Gasteiger partial charge in [0, 0.05) is 5.02 Å².